The highest BCUT2D eigenvalue weighted by molar-refractivity contribution is 6.74. The summed E-state index contributed by atoms with van der Waals surface area (Å²) in [4.78, 5) is 23.9. The highest BCUT2D eigenvalue weighted by Gasteiger charge is 2.43. The van der Waals surface area contributed by atoms with Crippen molar-refractivity contribution in [3.63, 3.8) is 0 Å². The molecule has 0 aromatic rings. The maximum Gasteiger partial charge on any atom is 0.407 e. The average molecular weight is 403 g/mol. The first-order valence-corrected chi connectivity index (χ1v) is 12.6. The van der Waals surface area contributed by atoms with Crippen molar-refractivity contribution in [3.8, 4) is 0 Å². The molecular formula is C19H38N2O5Si. The lowest BCUT2D eigenvalue weighted by atomic mass is 9.90. The van der Waals surface area contributed by atoms with Crippen LogP contribution in [0.3, 0.4) is 0 Å². The van der Waals surface area contributed by atoms with Crippen LogP contribution in [0.1, 0.15) is 60.8 Å². The number of alkyl carbamates (subject to hydrolysis) is 2. The summed E-state index contributed by atoms with van der Waals surface area (Å²) in [6.45, 7) is 16.4. The molecule has 7 nitrogen and oxygen atoms in total. The zero-order valence-electron chi connectivity index (χ0n) is 18.4. The Hall–Kier alpha value is -1.28. The number of ether oxygens (including phenoxy) is 2. The third kappa shape index (κ3) is 7.69. The molecule has 0 heterocycles. The summed E-state index contributed by atoms with van der Waals surface area (Å²) >= 11 is 0. The van der Waals surface area contributed by atoms with Crippen LogP contribution in [0.25, 0.3) is 0 Å². The van der Waals surface area contributed by atoms with Gasteiger partial charge in [-0.2, -0.15) is 0 Å². The predicted octanol–water partition coefficient (Wildman–Crippen LogP) is 4.18. The van der Waals surface area contributed by atoms with Gasteiger partial charge in [-0.3, -0.25) is 0 Å². The Balaban J connectivity index is 2.90. The van der Waals surface area contributed by atoms with E-state index in [9.17, 15) is 9.59 Å². The lowest BCUT2D eigenvalue weighted by Gasteiger charge is -2.44. The molecule has 1 fully saturated rings. The van der Waals surface area contributed by atoms with E-state index in [1.54, 1.807) is 7.05 Å². The molecule has 3 atom stereocenters. The molecule has 0 aromatic carbocycles. The summed E-state index contributed by atoms with van der Waals surface area (Å²) in [5.74, 6) is 0. The van der Waals surface area contributed by atoms with Crippen LogP contribution < -0.4 is 10.6 Å². The Morgan fingerprint density at radius 2 is 1.59 bits per heavy atom. The minimum atomic E-state index is -2.06. The van der Waals surface area contributed by atoms with Gasteiger partial charge in [0.1, 0.15) is 11.7 Å². The number of carbonyl (C=O) groups is 2. The van der Waals surface area contributed by atoms with Gasteiger partial charge in [-0.1, -0.05) is 20.8 Å². The van der Waals surface area contributed by atoms with E-state index < -0.39 is 26.1 Å². The number of carbonyl (C=O) groups excluding carboxylic acids is 2. The van der Waals surface area contributed by atoms with Crippen LogP contribution in [0.4, 0.5) is 9.59 Å². The van der Waals surface area contributed by atoms with E-state index in [4.69, 9.17) is 13.9 Å². The van der Waals surface area contributed by atoms with Crippen molar-refractivity contribution in [1.29, 1.82) is 0 Å². The van der Waals surface area contributed by atoms with Gasteiger partial charge >= 0.3 is 12.2 Å². The maximum atomic E-state index is 12.3. The standard InChI is InChI=1S/C19H38N2O5Si/c1-18(2,3)25-17(23)21-14-11-10-13(24-16(22)20-7)12-15(14)26-27(8,9)19(4,5)6/h13-15H,10-12H2,1-9H3,(H,20,22)(H,21,23)/t13-,14-,15-/m0/s1. The van der Waals surface area contributed by atoms with Crippen molar-refractivity contribution in [2.75, 3.05) is 7.05 Å². The molecule has 0 spiro atoms. The summed E-state index contributed by atoms with van der Waals surface area (Å²) in [5, 5.41) is 5.49. The monoisotopic (exact) mass is 402 g/mol. The van der Waals surface area contributed by atoms with Gasteiger partial charge in [-0.25, -0.2) is 9.59 Å². The molecule has 0 radical (unpaired) electrons. The first-order chi connectivity index (χ1) is 12.1. The van der Waals surface area contributed by atoms with Gasteiger partial charge in [-0.15, -0.1) is 0 Å². The van der Waals surface area contributed by atoms with Crippen LogP contribution in [0.5, 0.6) is 0 Å². The predicted molar refractivity (Wildman–Crippen MR) is 108 cm³/mol. The summed E-state index contributed by atoms with van der Waals surface area (Å²) in [5.41, 5.74) is -0.556. The van der Waals surface area contributed by atoms with Gasteiger partial charge in [0.05, 0.1) is 12.1 Å². The largest absolute Gasteiger partial charge is 0.446 e. The molecule has 0 aliphatic heterocycles. The van der Waals surface area contributed by atoms with Crippen molar-refractivity contribution in [1.82, 2.24) is 10.6 Å². The van der Waals surface area contributed by atoms with Crippen LogP contribution in [0.2, 0.25) is 18.1 Å². The van der Waals surface area contributed by atoms with Gasteiger partial charge < -0.3 is 24.5 Å². The molecular weight excluding hydrogens is 364 g/mol. The molecule has 1 aliphatic carbocycles. The SMILES string of the molecule is CNC(=O)O[C@H]1CC[C@H](NC(=O)OC(C)(C)C)[C@@H](O[Si](C)(C)C(C)(C)C)C1. The van der Waals surface area contributed by atoms with Gasteiger partial charge in [-0.05, 0) is 51.7 Å². The number of nitrogens with one attached hydrogen (secondary N) is 2. The number of hydrogen-bond acceptors (Lipinski definition) is 5. The third-order valence-corrected chi connectivity index (χ3v) is 9.68. The summed E-state index contributed by atoms with van der Waals surface area (Å²) < 4.78 is 17.4. The van der Waals surface area contributed by atoms with Crippen LogP contribution >= 0.6 is 0 Å². The van der Waals surface area contributed by atoms with Gasteiger partial charge in [0.25, 0.3) is 0 Å². The lowest BCUT2D eigenvalue weighted by molar-refractivity contribution is 0.00280. The number of amides is 2. The normalized spacial score (nSPS) is 24.1. The van der Waals surface area contributed by atoms with E-state index in [2.05, 4.69) is 44.5 Å². The maximum absolute atomic E-state index is 12.3. The van der Waals surface area contributed by atoms with E-state index in [1.807, 2.05) is 20.8 Å². The molecule has 0 saturated heterocycles. The van der Waals surface area contributed by atoms with Crippen LogP contribution in [0.15, 0.2) is 0 Å². The van der Waals surface area contributed by atoms with E-state index in [0.717, 1.165) is 0 Å². The van der Waals surface area contributed by atoms with Crippen molar-refractivity contribution >= 4 is 20.5 Å². The van der Waals surface area contributed by atoms with Crippen LogP contribution in [-0.4, -0.2) is 51.4 Å². The second kappa shape index (κ2) is 8.81. The molecule has 1 aliphatic rings. The highest BCUT2D eigenvalue weighted by Crippen LogP contribution is 2.39. The average Bonchev–Trinajstić information content (AvgIpc) is 2.46. The van der Waals surface area contributed by atoms with Crippen molar-refractivity contribution in [3.05, 3.63) is 0 Å². The molecule has 1 rings (SSSR count). The molecule has 0 bridgehead atoms. The fourth-order valence-electron chi connectivity index (χ4n) is 2.72. The van der Waals surface area contributed by atoms with Gasteiger partial charge in [0.15, 0.2) is 8.32 Å². The Labute approximate surface area is 165 Å². The summed E-state index contributed by atoms with van der Waals surface area (Å²) in [6.07, 6.45) is 0.566. The van der Waals surface area contributed by atoms with Gasteiger partial charge in [0.2, 0.25) is 0 Å². The smallest absolute Gasteiger partial charge is 0.407 e. The Kier molecular flexibility index (Phi) is 7.75. The van der Waals surface area contributed by atoms with Crippen molar-refractivity contribution < 1.29 is 23.5 Å². The number of hydrogen-bond donors (Lipinski definition) is 2. The topological polar surface area (TPSA) is 85.9 Å². The molecule has 0 aromatic heterocycles. The van der Waals surface area contributed by atoms with Crippen molar-refractivity contribution in [2.24, 2.45) is 0 Å². The Bertz CT molecular complexity index is 525. The van der Waals surface area contributed by atoms with Crippen molar-refractivity contribution in [2.45, 2.75) is 103 Å². The van der Waals surface area contributed by atoms with E-state index >= 15 is 0 Å². The third-order valence-electron chi connectivity index (χ3n) is 5.18. The molecule has 27 heavy (non-hydrogen) atoms. The minimum Gasteiger partial charge on any atom is -0.446 e. The molecule has 0 unspecified atom stereocenters. The molecule has 2 amide bonds. The lowest BCUT2D eigenvalue weighted by Crippen LogP contribution is -2.55. The van der Waals surface area contributed by atoms with E-state index in [0.29, 0.717) is 19.3 Å². The minimum absolute atomic E-state index is 0.0397. The second-order valence-corrected chi connectivity index (χ2v) is 14.5. The van der Waals surface area contributed by atoms with E-state index in [-0.39, 0.29) is 23.3 Å². The highest BCUT2D eigenvalue weighted by atomic mass is 28.4. The first kappa shape index (κ1) is 23.8. The quantitative estimate of drug-likeness (QED) is 0.689. The first-order valence-electron chi connectivity index (χ1n) is 9.70. The van der Waals surface area contributed by atoms with Crippen LogP contribution in [-0.2, 0) is 13.9 Å². The fraction of sp³-hybridized carbons (Fsp3) is 0.895. The Morgan fingerprint density at radius 1 is 1.00 bits per heavy atom. The molecule has 158 valence electrons. The summed E-state index contributed by atoms with van der Waals surface area (Å²) in [6, 6.07) is -0.168. The second-order valence-electron chi connectivity index (χ2n) is 9.76. The van der Waals surface area contributed by atoms with Crippen LogP contribution in [0, 0.1) is 0 Å². The molecule has 2 N–H and O–H groups in total. The zero-order valence-corrected chi connectivity index (χ0v) is 19.4. The van der Waals surface area contributed by atoms with E-state index in [1.165, 1.54) is 0 Å². The summed E-state index contributed by atoms with van der Waals surface area (Å²) in [7, 11) is -0.515. The fourth-order valence-corrected chi connectivity index (χ4v) is 4.09. The van der Waals surface area contributed by atoms with Gasteiger partial charge in [0, 0.05) is 13.5 Å². The zero-order chi connectivity index (χ0) is 21.0. The number of rotatable bonds is 4. The molecule has 1 saturated carbocycles. The molecule has 8 heteroatoms. The Morgan fingerprint density at radius 3 is 2.07 bits per heavy atom.